The lowest BCUT2D eigenvalue weighted by Crippen LogP contribution is -2.00. The molecule has 0 spiro atoms. The first-order chi connectivity index (χ1) is 14.4. The van der Waals surface area contributed by atoms with Crippen LogP contribution in [0.4, 0.5) is 0 Å². The van der Waals surface area contributed by atoms with Crippen molar-refractivity contribution < 1.29 is 18.1 Å². The highest BCUT2D eigenvalue weighted by molar-refractivity contribution is 8.76. The number of hydrogen-bond acceptors (Lipinski definition) is 8. The Bertz CT molecular complexity index is 422. The third-order valence-corrected chi connectivity index (χ3v) is 13.5. The Morgan fingerprint density at radius 3 is 1.10 bits per heavy atom. The molecule has 0 heterocycles. The molecular weight excluding hydrogens is 494 g/mol. The van der Waals surface area contributed by atoms with Crippen LogP contribution >= 0.6 is 34.6 Å². The molecule has 0 fully saturated rings. The van der Waals surface area contributed by atoms with E-state index >= 15 is 0 Å². The van der Waals surface area contributed by atoms with Crippen molar-refractivity contribution >= 4 is 58.2 Å². The van der Waals surface area contributed by atoms with E-state index in [4.69, 9.17) is 41.7 Å². The van der Waals surface area contributed by atoms with Gasteiger partial charge in [0.15, 0.2) is 13.0 Å². The van der Waals surface area contributed by atoms with Gasteiger partial charge in [-0.15, -0.1) is 0 Å². The maximum atomic E-state index is 5.70. The third kappa shape index (κ3) is 18.3. The summed E-state index contributed by atoms with van der Waals surface area (Å²) in [6.45, 7) is 6.56. The van der Waals surface area contributed by atoms with Gasteiger partial charge < -0.3 is 18.1 Å². The van der Waals surface area contributed by atoms with Crippen molar-refractivity contribution in [3.8, 4) is 0 Å². The average molecular weight is 539 g/mol. The number of hydrogen-bond donors (Lipinski definition) is 0. The fraction of sp³-hybridized carbons (Fsp3) is 1.00. The molecule has 0 saturated carbocycles. The lowest BCUT2D eigenvalue weighted by atomic mass is 10.2. The maximum absolute atomic E-state index is 5.70. The van der Waals surface area contributed by atoms with Crippen molar-refractivity contribution in [2.75, 3.05) is 50.3 Å². The summed E-state index contributed by atoms with van der Waals surface area (Å²) in [6, 6.07) is 0. The molecule has 0 aromatic heterocycles. The summed E-state index contributed by atoms with van der Waals surface area (Å²) in [7, 11) is 4.03. The highest BCUT2D eigenvalue weighted by atomic mass is 33.1. The lowest BCUT2D eigenvalue weighted by molar-refractivity contribution is 0.265. The minimum Gasteiger partial charge on any atom is -0.330 e. The molecule has 30 heavy (non-hydrogen) atoms. The van der Waals surface area contributed by atoms with Crippen LogP contribution in [0.1, 0.15) is 79.1 Å². The van der Waals surface area contributed by atoms with E-state index < -0.39 is 13.0 Å². The molecular formula is C20H44O4P2S4. The fourth-order valence-corrected chi connectivity index (χ4v) is 10.7. The fourth-order valence-electron chi connectivity index (χ4n) is 2.88. The zero-order valence-corrected chi connectivity index (χ0v) is 24.5. The second-order valence-electron chi connectivity index (χ2n) is 6.81. The summed E-state index contributed by atoms with van der Waals surface area (Å²) in [5.41, 5.74) is 0. The van der Waals surface area contributed by atoms with Gasteiger partial charge in [0.25, 0.3) is 0 Å². The van der Waals surface area contributed by atoms with Gasteiger partial charge >= 0.3 is 0 Å². The number of rotatable bonds is 23. The highest BCUT2D eigenvalue weighted by Crippen LogP contribution is 2.50. The van der Waals surface area contributed by atoms with Crippen molar-refractivity contribution in [2.45, 2.75) is 79.1 Å². The summed E-state index contributed by atoms with van der Waals surface area (Å²) in [6.07, 6.45) is 11.6. The van der Waals surface area contributed by atoms with Gasteiger partial charge in [-0.05, 0) is 77.0 Å². The normalized spacial score (nSPS) is 12.5. The van der Waals surface area contributed by atoms with Gasteiger partial charge in [0, 0.05) is 23.8 Å². The van der Waals surface area contributed by atoms with E-state index in [0.29, 0.717) is 26.4 Å². The van der Waals surface area contributed by atoms with Gasteiger partial charge in [0.2, 0.25) is 0 Å². The van der Waals surface area contributed by atoms with Crippen LogP contribution in [0.5, 0.6) is 0 Å². The first-order valence-electron chi connectivity index (χ1n) is 11.5. The summed E-state index contributed by atoms with van der Waals surface area (Å²) in [5, 5.41) is 0. The molecule has 0 saturated heterocycles. The SMILES string of the molecule is CCOP(=S)(CCCCCCSSCCCCCCP(=S)(OCC)OCC)OCC. The Hall–Kier alpha value is 1.84. The molecule has 0 radical (unpaired) electrons. The molecule has 0 aliphatic heterocycles. The van der Waals surface area contributed by atoms with Crippen molar-refractivity contribution in [3.63, 3.8) is 0 Å². The minimum atomic E-state index is -2.01. The van der Waals surface area contributed by atoms with Gasteiger partial charge in [-0.1, -0.05) is 47.3 Å². The zero-order valence-electron chi connectivity index (χ0n) is 19.5. The minimum absolute atomic E-state index is 0.655. The molecule has 0 amide bonds. The second kappa shape index (κ2) is 21.4. The molecule has 10 heteroatoms. The van der Waals surface area contributed by atoms with E-state index in [-0.39, 0.29) is 0 Å². The smallest absolute Gasteiger partial charge is 0.188 e. The molecule has 0 rings (SSSR count). The van der Waals surface area contributed by atoms with Crippen LogP contribution in [-0.2, 0) is 41.7 Å². The van der Waals surface area contributed by atoms with Gasteiger partial charge in [-0.25, -0.2) is 0 Å². The molecule has 0 N–H and O–H groups in total. The maximum Gasteiger partial charge on any atom is 0.188 e. The van der Waals surface area contributed by atoms with Crippen LogP contribution in [-0.4, -0.2) is 50.3 Å². The molecule has 0 aliphatic rings. The summed E-state index contributed by atoms with van der Waals surface area (Å²) in [4.78, 5) is 0. The Morgan fingerprint density at radius 1 is 0.500 bits per heavy atom. The predicted octanol–water partition coefficient (Wildman–Crippen LogP) is 8.25. The molecule has 0 bridgehead atoms. The van der Waals surface area contributed by atoms with E-state index in [9.17, 15) is 0 Å². The molecule has 0 unspecified atom stereocenters. The average Bonchev–Trinajstić information content (AvgIpc) is 2.69. The molecule has 0 atom stereocenters. The van der Waals surface area contributed by atoms with Crippen LogP contribution in [0.25, 0.3) is 0 Å². The molecule has 0 aliphatic carbocycles. The van der Waals surface area contributed by atoms with Gasteiger partial charge in [-0.3, -0.25) is 0 Å². The lowest BCUT2D eigenvalue weighted by Gasteiger charge is -2.20. The van der Waals surface area contributed by atoms with Crippen molar-refractivity contribution in [2.24, 2.45) is 0 Å². The van der Waals surface area contributed by atoms with Gasteiger partial charge in [0.05, 0.1) is 26.4 Å². The Kier molecular flexibility index (Phi) is 22.7. The van der Waals surface area contributed by atoms with E-state index in [1.54, 1.807) is 0 Å². The van der Waals surface area contributed by atoms with Gasteiger partial charge in [-0.2, -0.15) is 0 Å². The summed E-state index contributed by atoms with van der Waals surface area (Å²) in [5.74, 6) is 2.48. The topological polar surface area (TPSA) is 36.9 Å². The third-order valence-electron chi connectivity index (χ3n) is 4.21. The first-order valence-corrected chi connectivity index (χ1v) is 19.6. The van der Waals surface area contributed by atoms with E-state index in [0.717, 1.165) is 25.2 Å². The molecule has 0 aromatic carbocycles. The van der Waals surface area contributed by atoms with Gasteiger partial charge in [0.1, 0.15) is 0 Å². The van der Waals surface area contributed by atoms with Crippen molar-refractivity contribution in [1.82, 2.24) is 0 Å². The molecule has 182 valence electrons. The zero-order chi connectivity index (χ0) is 22.6. The molecule has 4 nitrogen and oxygen atoms in total. The van der Waals surface area contributed by atoms with E-state index in [1.165, 1.54) is 50.0 Å². The van der Waals surface area contributed by atoms with Crippen molar-refractivity contribution in [1.29, 1.82) is 0 Å². The number of unbranched alkanes of at least 4 members (excludes halogenated alkanes) is 6. The molecule has 0 aromatic rings. The standard InChI is InChI=1S/C20H44O4P2S4/c1-5-21-25(27,22-6-2)17-13-9-11-15-19-29-30-20-16-12-10-14-18-26(28,23-7-3)24-8-4/h5-20H2,1-4H3. The first kappa shape index (κ1) is 31.8. The van der Waals surface area contributed by atoms with Crippen molar-refractivity contribution in [3.05, 3.63) is 0 Å². The highest BCUT2D eigenvalue weighted by Gasteiger charge is 2.17. The Morgan fingerprint density at radius 2 is 0.800 bits per heavy atom. The van der Waals surface area contributed by atoms with Crippen LogP contribution in [0.2, 0.25) is 0 Å². The van der Waals surface area contributed by atoms with Crippen LogP contribution in [0.3, 0.4) is 0 Å². The monoisotopic (exact) mass is 538 g/mol. The summed E-state index contributed by atoms with van der Waals surface area (Å²) < 4.78 is 22.8. The van der Waals surface area contributed by atoms with Crippen LogP contribution in [0.15, 0.2) is 0 Å². The van der Waals surface area contributed by atoms with Crippen LogP contribution < -0.4 is 0 Å². The largest absolute Gasteiger partial charge is 0.330 e. The predicted molar refractivity (Wildman–Crippen MR) is 147 cm³/mol. The second-order valence-corrected chi connectivity index (χ2v) is 17.2. The summed E-state index contributed by atoms with van der Waals surface area (Å²) >= 11 is 11.1. The van der Waals surface area contributed by atoms with Crippen LogP contribution in [0, 0.1) is 0 Å². The Balaban J connectivity index is 3.50. The quantitative estimate of drug-likeness (QED) is 0.0731. The van der Waals surface area contributed by atoms with E-state index in [2.05, 4.69) is 0 Å². The van der Waals surface area contributed by atoms with E-state index in [1.807, 2.05) is 49.3 Å². The Labute approximate surface area is 204 Å².